The lowest BCUT2D eigenvalue weighted by atomic mass is 9.92. The van der Waals surface area contributed by atoms with Gasteiger partial charge in [0.15, 0.2) is 0 Å². The monoisotopic (exact) mass is 400 g/mol. The molecule has 154 valence electrons. The molecule has 0 N–H and O–H groups in total. The highest BCUT2D eigenvalue weighted by atomic mass is 28.4. The summed E-state index contributed by atoms with van der Waals surface area (Å²) in [4.78, 5) is 12.5. The topological polar surface area (TPSA) is 35.5 Å². The van der Waals surface area contributed by atoms with E-state index in [-0.39, 0.29) is 18.2 Å². The first-order chi connectivity index (χ1) is 13.1. The second kappa shape index (κ2) is 9.23. The normalized spacial score (nSPS) is 20.6. The van der Waals surface area contributed by atoms with Crippen LogP contribution in [0.5, 0.6) is 0 Å². The van der Waals surface area contributed by atoms with Crippen LogP contribution in [0.2, 0.25) is 16.6 Å². The predicted octanol–water partition coefficient (Wildman–Crippen LogP) is 6.68. The van der Waals surface area contributed by atoms with Crippen molar-refractivity contribution in [3.63, 3.8) is 0 Å². The number of ether oxygens (including phenoxy) is 1. The Kier molecular flexibility index (Phi) is 7.46. The summed E-state index contributed by atoms with van der Waals surface area (Å²) < 4.78 is 12.8. The number of carbonyl (C=O) groups is 1. The fourth-order valence-corrected chi connectivity index (χ4v) is 10.3. The lowest BCUT2D eigenvalue weighted by molar-refractivity contribution is 0.0275. The minimum atomic E-state index is -2.02. The second-order valence-electron chi connectivity index (χ2n) is 8.88. The number of benzene rings is 1. The molecule has 0 amide bonds. The van der Waals surface area contributed by atoms with Gasteiger partial charge in [-0.25, -0.2) is 4.79 Å². The first-order valence-corrected chi connectivity index (χ1v) is 12.5. The molecule has 0 radical (unpaired) electrons. The van der Waals surface area contributed by atoms with Crippen LogP contribution in [-0.2, 0) is 9.16 Å². The molecule has 0 saturated heterocycles. The van der Waals surface area contributed by atoms with E-state index in [1.54, 1.807) is 12.1 Å². The van der Waals surface area contributed by atoms with Gasteiger partial charge in [-0.1, -0.05) is 72.4 Å². The molecule has 1 aromatic rings. The van der Waals surface area contributed by atoms with E-state index in [1.165, 1.54) is 5.57 Å². The molecule has 0 spiro atoms. The van der Waals surface area contributed by atoms with E-state index in [4.69, 9.17) is 9.16 Å². The molecule has 2 rings (SSSR count). The first kappa shape index (κ1) is 22.6. The summed E-state index contributed by atoms with van der Waals surface area (Å²) in [5.74, 6) is -0.307. The maximum Gasteiger partial charge on any atom is 0.338 e. The van der Waals surface area contributed by atoms with Gasteiger partial charge in [0.2, 0.25) is 8.32 Å². The molecule has 0 heterocycles. The summed E-state index contributed by atoms with van der Waals surface area (Å²) >= 11 is 0. The summed E-state index contributed by atoms with van der Waals surface area (Å²) in [6, 6.07) is 9.13. The number of hydrogen-bond acceptors (Lipinski definition) is 3. The Balaban J connectivity index is 2.23. The van der Waals surface area contributed by atoms with Crippen molar-refractivity contribution in [1.29, 1.82) is 0 Å². The van der Waals surface area contributed by atoms with Crippen LogP contribution in [0.1, 0.15) is 65.2 Å². The number of carbonyl (C=O) groups excluding carboxylic acids is 1. The SMILES string of the molecule is C=C1C=C(C)[C@@H](O[Si](C(C)C)(C(C)C)C(C)C)C[C@@H]1OC(=O)c1ccccc1. The van der Waals surface area contributed by atoms with Crippen molar-refractivity contribution in [3.05, 3.63) is 59.7 Å². The van der Waals surface area contributed by atoms with Crippen molar-refractivity contribution in [3.8, 4) is 0 Å². The van der Waals surface area contributed by atoms with Crippen LogP contribution in [0.15, 0.2) is 54.1 Å². The third-order valence-corrected chi connectivity index (χ3v) is 12.2. The molecule has 1 aliphatic rings. The summed E-state index contributed by atoms with van der Waals surface area (Å²) in [5.41, 5.74) is 4.11. The van der Waals surface area contributed by atoms with Crippen LogP contribution in [0.3, 0.4) is 0 Å². The van der Waals surface area contributed by atoms with Gasteiger partial charge in [-0.05, 0) is 46.8 Å². The van der Waals surface area contributed by atoms with Gasteiger partial charge in [0.05, 0.1) is 11.7 Å². The van der Waals surface area contributed by atoms with Crippen LogP contribution < -0.4 is 0 Å². The van der Waals surface area contributed by atoms with Crippen LogP contribution >= 0.6 is 0 Å². The average molecular weight is 401 g/mol. The van der Waals surface area contributed by atoms with E-state index in [2.05, 4.69) is 55.0 Å². The van der Waals surface area contributed by atoms with Gasteiger partial charge < -0.3 is 9.16 Å². The van der Waals surface area contributed by atoms with Crippen molar-refractivity contribution < 1.29 is 14.0 Å². The Labute approximate surface area is 172 Å². The molecule has 2 atom stereocenters. The molecule has 1 aromatic carbocycles. The van der Waals surface area contributed by atoms with Crippen molar-refractivity contribution in [2.24, 2.45) is 0 Å². The lowest BCUT2D eigenvalue weighted by Gasteiger charge is -2.46. The van der Waals surface area contributed by atoms with E-state index in [1.807, 2.05) is 24.3 Å². The summed E-state index contributed by atoms with van der Waals surface area (Å²) in [6.45, 7) is 20.0. The van der Waals surface area contributed by atoms with E-state index in [0.29, 0.717) is 28.6 Å². The number of hydrogen-bond donors (Lipinski definition) is 0. The molecule has 0 aromatic heterocycles. The molecule has 1 aliphatic carbocycles. The fourth-order valence-electron chi connectivity index (χ4n) is 4.70. The lowest BCUT2D eigenvalue weighted by Crippen LogP contribution is -2.51. The molecule has 28 heavy (non-hydrogen) atoms. The highest BCUT2D eigenvalue weighted by Gasteiger charge is 2.47. The Hall–Kier alpha value is -1.65. The Morgan fingerprint density at radius 2 is 1.54 bits per heavy atom. The number of rotatable bonds is 7. The molecule has 0 fully saturated rings. The first-order valence-electron chi connectivity index (χ1n) is 10.4. The third-order valence-electron chi connectivity index (χ3n) is 6.07. The highest BCUT2D eigenvalue weighted by Crippen LogP contribution is 2.45. The van der Waals surface area contributed by atoms with Crippen molar-refractivity contribution in [1.82, 2.24) is 0 Å². The van der Waals surface area contributed by atoms with Gasteiger partial charge in [0, 0.05) is 6.42 Å². The van der Waals surface area contributed by atoms with Crippen LogP contribution in [0.25, 0.3) is 0 Å². The summed E-state index contributed by atoms with van der Waals surface area (Å²) in [7, 11) is -2.02. The summed E-state index contributed by atoms with van der Waals surface area (Å²) in [5, 5.41) is 0. The fraction of sp³-hybridized carbons (Fsp3) is 0.542. The van der Waals surface area contributed by atoms with Gasteiger partial charge in [-0.3, -0.25) is 0 Å². The minimum absolute atomic E-state index is 0.0297. The minimum Gasteiger partial charge on any atom is -0.454 e. The predicted molar refractivity (Wildman–Crippen MR) is 119 cm³/mol. The van der Waals surface area contributed by atoms with Gasteiger partial charge in [0.1, 0.15) is 6.10 Å². The molecular formula is C24H36O3Si. The van der Waals surface area contributed by atoms with Gasteiger partial charge in [-0.15, -0.1) is 0 Å². The number of esters is 1. The molecular weight excluding hydrogens is 364 g/mol. The molecule has 4 heteroatoms. The Bertz CT molecular complexity index is 697. The van der Waals surface area contributed by atoms with Gasteiger partial charge in [0.25, 0.3) is 0 Å². The average Bonchev–Trinajstić information content (AvgIpc) is 2.62. The van der Waals surface area contributed by atoms with Crippen molar-refractivity contribution >= 4 is 14.3 Å². The largest absolute Gasteiger partial charge is 0.454 e. The maximum atomic E-state index is 12.5. The molecule has 0 bridgehead atoms. The molecule has 0 aliphatic heterocycles. The van der Waals surface area contributed by atoms with E-state index < -0.39 is 8.32 Å². The van der Waals surface area contributed by atoms with E-state index in [9.17, 15) is 4.79 Å². The van der Waals surface area contributed by atoms with Gasteiger partial charge in [-0.2, -0.15) is 0 Å². The van der Waals surface area contributed by atoms with Crippen molar-refractivity contribution in [2.45, 2.75) is 83.7 Å². The Morgan fingerprint density at radius 3 is 2.04 bits per heavy atom. The zero-order chi connectivity index (χ0) is 21.1. The smallest absolute Gasteiger partial charge is 0.338 e. The van der Waals surface area contributed by atoms with E-state index in [0.717, 1.165) is 5.57 Å². The zero-order valence-electron chi connectivity index (χ0n) is 18.5. The quantitative estimate of drug-likeness (QED) is 0.378. The summed E-state index contributed by atoms with van der Waals surface area (Å²) in [6.07, 6.45) is 2.30. The van der Waals surface area contributed by atoms with Crippen LogP contribution in [-0.4, -0.2) is 26.5 Å². The highest BCUT2D eigenvalue weighted by molar-refractivity contribution is 6.77. The van der Waals surface area contributed by atoms with Crippen LogP contribution in [0.4, 0.5) is 0 Å². The van der Waals surface area contributed by atoms with E-state index >= 15 is 0 Å². The molecule has 3 nitrogen and oxygen atoms in total. The van der Waals surface area contributed by atoms with Crippen molar-refractivity contribution in [2.75, 3.05) is 0 Å². The molecule has 0 unspecified atom stereocenters. The van der Waals surface area contributed by atoms with Crippen LogP contribution in [0, 0.1) is 0 Å². The maximum absolute atomic E-state index is 12.5. The van der Waals surface area contributed by atoms with Gasteiger partial charge >= 0.3 is 5.97 Å². The second-order valence-corrected chi connectivity index (χ2v) is 14.3. The molecule has 0 saturated carbocycles. The zero-order valence-corrected chi connectivity index (χ0v) is 19.5. The Morgan fingerprint density at radius 1 is 1.00 bits per heavy atom. The third kappa shape index (κ3) is 4.66. The standard InChI is InChI=1S/C24H36O3Si/c1-16(2)28(17(3)4,18(5)6)27-23-15-22(19(7)14-20(23)8)26-24(25)21-12-10-9-11-13-21/h9-14,16-18,22-23H,7,15H2,1-6,8H3/t22-,23-/m0/s1.